The highest BCUT2D eigenvalue weighted by molar-refractivity contribution is 5.98. The molecule has 128 valence electrons. The number of aromatic nitrogens is 3. The highest BCUT2D eigenvalue weighted by atomic mass is 19.4. The van der Waals surface area contributed by atoms with Gasteiger partial charge in [-0.3, -0.25) is 4.79 Å². The summed E-state index contributed by atoms with van der Waals surface area (Å²) in [5, 5.41) is 2.79. The Morgan fingerprint density at radius 2 is 2.12 bits per heavy atom. The van der Waals surface area contributed by atoms with Gasteiger partial charge < -0.3 is 15.6 Å². The number of nitrogens with two attached hydrogens (primary N) is 1. The van der Waals surface area contributed by atoms with Crippen LogP contribution in [0.2, 0.25) is 0 Å². The van der Waals surface area contributed by atoms with Crippen LogP contribution in [0.1, 0.15) is 29.9 Å². The van der Waals surface area contributed by atoms with Crippen molar-refractivity contribution in [3.63, 3.8) is 0 Å². The number of anilines is 1. The zero-order valence-electron chi connectivity index (χ0n) is 13.1. The SMILES string of the molecule is CC1(C)Cc2c(cc(-c3ccnc(N)n3)n2CC(F)(F)F)C(=O)N1. The van der Waals surface area contributed by atoms with E-state index in [1.54, 1.807) is 13.8 Å². The van der Waals surface area contributed by atoms with Gasteiger partial charge in [-0.15, -0.1) is 0 Å². The second kappa shape index (κ2) is 5.22. The lowest BCUT2D eigenvalue weighted by Crippen LogP contribution is -2.49. The van der Waals surface area contributed by atoms with E-state index in [-0.39, 0.29) is 29.3 Å². The van der Waals surface area contributed by atoms with Gasteiger partial charge in [0.25, 0.3) is 5.91 Å². The van der Waals surface area contributed by atoms with Crippen molar-refractivity contribution in [2.24, 2.45) is 0 Å². The van der Waals surface area contributed by atoms with Gasteiger partial charge in [-0.2, -0.15) is 13.2 Å². The molecule has 0 saturated heterocycles. The van der Waals surface area contributed by atoms with Gasteiger partial charge in [0.05, 0.1) is 17.0 Å². The predicted molar refractivity (Wildman–Crippen MR) is 81.2 cm³/mol. The number of halogens is 3. The van der Waals surface area contributed by atoms with Gasteiger partial charge in [0.15, 0.2) is 0 Å². The Balaban J connectivity index is 2.21. The third-order valence-corrected chi connectivity index (χ3v) is 3.79. The number of fused-ring (bicyclic) bond motifs is 1. The van der Waals surface area contributed by atoms with Crippen LogP contribution in [0.5, 0.6) is 0 Å². The second-order valence-electron chi connectivity index (χ2n) is 6.41. The smallest absolute Gasteiger partial charge is 0.368 e. The summed E-state index contributed by atoms with van der Waals surface area (Å²) < 4.78 is 40.3. The Bertz CT molecular complexity index is 810. The molecule has 0 aromatic carbocycles. The van der Waals surface area contributed by atoms with E-state index >= 15 is 0 Å². The predicted octanol–water partition coefficient (Wildman–Crippen LogP) is 2.15. The number of nitrogens with one attached hydrogen (secondary N) is 1. The molecule has 0 aliphatic carbocycles. The van der Waals surface area contributed by atoms with Gasteiger partial charge in [-0.05, 0) is 26.0 Å². The van der Waals surface area contributed by atoms with Crippen molar-refractivity contribution in [3.05, 3.63) is 29.6 Å². The molecule has 0 radical (unpaired) electrons. The second-order valence-corrected chi connectivity index (χ2v) is 6.41. The van der Waals surface area contributed by atoms with E-state index in [1.807, 2.05) is 0 Å². The maximum atomic E-state index is 13.1. The molecule has 2 aromatic heterocycles. The Morgan fingerprint density at radius 3 is 2.75 bits per heavy atom. The van der Waals surface area contributed by atoms with Crippen LogP contribution in [0.25, 0.3) is 11.4 Å². The Labute approximate surface area is 135 Å². The fraction of sp³-hybridized carbons (Fsp3) is 0.400. The minimum Gasteiger partial charge on any atom is -0.368 e. The molecule has 3 heterocycles. The first-order valence-electron chi connectivity index (χ1n) is 7.26. The molecule has 0 saturated carbocycles. The Kier molecular flexibility index (Phi) is 3.54. The summed E-state index contributed by atoms with van der Waals surface area (Å²) in [4.78, 5) is 20.0. The lowest BCUT2D eigenvalue weighted by Gasteiger charge is -2.32. The van der Waals surface area contributed by atoms with E-state index < -0.39 is 24.2 Å². The number of rotatable bonds is 2. The van der Waals surface area contributed by atoms with Crippen LogP contribution in [0.3, 0.4) is 0 Å². The topological polar surface area (TPSA) is 85.8 Å². The molecule has 1 amide bonds. The largest absolute Gasteiger partial charge is 0.406 e. The van der Waals surface area contributed by atoms with Gasteiger partial charge in [0.1, 0.15) is 6.54 Å². The zero-order chi connectivity index (χ0) is 17.7. The Hall–Kier alpha value is -2.58. The molecule has 1 aliphatic heterocycles. The average Bonchev–Trinajstić information content (AvgIpc) is 2.75. The van der Waals surface area contributed by atoms with Crippen LogP contribution in [0.4, 0.5) is 19.1 Å². The van der Waals surface area contributed by atoms with Crippen molar-refractivity contribution in [1.82, 2.24) is 19.9 Å². The van der Waals surface area contributed by atoms with Crippen molar-refractivity contribution < 1.29 is 18.0 Å². The lowest BCUT2D eigenvalue weighted by molar-refractivity contribution is -0.140. The summed E-state index contributed by atoms with van der Waals surface area (Å²) in [6.07, 6.45) is -2.78. The standard InChI is InChI=1S/C15H16F3N5O/c1-14(2)6-11-8(12(24)22-14)5-10(23(11)7-15(16,17)18)9-3-4-20-13(19)21-9/h3-5H,6-7H2,1-2H3,(H,22,24)(H2,19,20,21). The van der Waals surface area contributed by atoms with Crippen molar-refractivity contribution >= 4 is 11.9 Å². The quantitative estimate of drug-likeness (QED) is 0.878. The Morgan fingerprint density at radius 1 is 1.42 bits per heavy atom. The molecule has 0 unspecified atom stereocenters. The van der Waals surface area contributed by atoms with Crippen molar-refractivity contribution in [2.75, 3.05) is 5.73 Å². The van der Waals surface area contributed by atoms with Crippen LogP contribution in [0.15, 0.2) is 18.3 Å². The maximum Gasteiger partial charge on any atom is 0.406 e. The number of nitrogen functional groups attached to an aromatic ring is 1. The molecule has 0 fully saturated rings. The van der Waals surface area contributed by atoms with E-state index in [1.165, 1.54) is 18.3 Å². The van der Waals surface area contributed by atoms with Crippen LogP contribution in [0, 0.1) is 0 Å². The highest BCUT2D eigenvalue weighted by Gasteiger charge is 2.37. The van der Waals surface area contributed by atoms with Crippen LogP contribution >= 0.6 is 0 Å². The normalized spacial score (nSPS) is 16.6. The number of nitrogens with zero attached hydrogens (tertiary/aromatic N) is 3. The van der Waals surface area contributed by atoms with E-state index in [4.69, 9.17) is 5.73 Å². The molecule has 0 spiro atoms. The van der Waals surface area contributed by atoms with E-state index in [9.17, 15) is 18.0 Å². The van der Waals surface area contributed by atoms with Crippen molar-refractivity contribution in [1.29, 1.82) is 0 Å². The van der Waals surface area contributed by atoms with Gasteiger partial charge in [0.2, 0.25) is 5.95 Å². The van der Waals surface area contributed by atoms with Crippen LogP contribution in [-0.2, 0) is 13.0 Å². The summed E-state index contributed by atoms with van der Waals surface area (Å²) >= 11 is 0. The summed E-state index contributed by atoms with van der Waals surface area (Å²) in [7, 11) is 0. The van der Waals surface area contributed by atoms with E-state index in [0.29, 0.717) is 5.69 Å². The average molecular weight is 339 g/mol. The molecule has 1 aliphatic rings. The molecule has 9 heteroatoms. The molecule has 6 nitrogen and oxygen atoms in total. The third-order valence-electron chi connectivity index (χ3n) is 3.79. The molecule has 3 rings (SSSR count). The molecule has 24 heavy (non-hydrogen) atoms. The first-order valence-corrected chi connectivity index (χ1v) is 7.26. The fourth-order valence-corrected chi connectivity index (χ4v) is 2.90. The number of hydrogen-bond donors (Lipinski definition) is 2. The van der Waals surface area contributed by atoms with Crippen LogP contribution < -0.4 is 11.1 Å². The van der Waals surface area contributed by atoms with Gasteiger partial charge in [-0.25, -0.2) is 9.97 Å². The minimum absolute atomic E-state index is 0.0463. The van der Waals surface area contributed by atoms with Gasteiger partial charge in [-0.1, -0.05) is 0 Å². The van der Waals surface area contributed by atoms with Crippen LogP contribution in [-0.4, -0.2) is 32.2 Å². The number of carbonyl (C=O) groups is 1. The molecular weight excluding hydrogens is 323 g/mol. The number of alkyl halides is 3. The van der Waals surface area contributed by atoms with Gasteiger partial charge in [0, 0.05) is 23.9 Å². The summed E-state index contributed by atoms with van der Waals surface area (Å²) in [6, 6.07) is 2.89. The molecule has 0 bridgehead atoms. The molecule has 0 atom stereocenters. The molecule has 3 N–H and O–H groups in total. The summed E-state index contributed by atoms with van der Waals surface area (Å²) in [5.74, 6) is -0.444. The zero-order valence-corrected chi connectivity index (χ0v) is 13.1. The minimum atomic E-state index is -4.43. The first kappa shape index (κ1) is 16.3. The summed E-state index contributed by atoms with van der Waals surface area (Å²) in [6.45, 7) is 2.33. The number of amides is 1. The molecular formula is C15H16F3N5O. The van der Waals surface area contributed by atoms with E-state index in [0.717, 1.165) is 4.57 Å². The molecule has 2 aromatic rings. The lowest BCUT2D eigenvalue weighted by atomic mass is 9.92. The third kappa shape index (κ3) is 3.06. The van der Waals surface area contributed by atoms with Crippen molar-refractivity contribution in [3.8, 4) is 11.4 Å². The van der Waals surface area contributed by atoms with E-state index in [2.05, 4.69) is 15.3 Å². The first-order chi connectivity index (χ1) is 11.1. The summed E-state index contributed by atoms with van der Waals surface area (Å²) in [5.41, 5.74) is 5.91. The fourth-order valence-electron chi connectivity index (χ4n) is 2.90. The van der Waals surface area contributed by atoms with Crippen molar-refractivity contribution in [2.45, 2.75) is 38.5 Å². The highest BCUT2D eigenvalue weighted by Crippen LogP contribution is 2.33. The monoisotopic (exact) mass is 339 g/mol. The number of carbonyl (C=O) groups excluding carboxylic acids is 1. The maximum absolute atomic E-state index is 13.1. The number of hydrogen-bond acceptors (Lipinski definition) is 4. The van der Waals surface area contributed by atoms with Gasteiger partial charge >= 0.3 is 6.18 Å².